The zero-order chi connectivity index (χ0) is 22.7. The Balaban J connectivity index is 1.81. The van der Waals surface area contributed by atoms with Crippen molar-refractivity contribution < 1.29 is 23.5 Å². The highest BCUT2D eigenvalue weighted by molar-refractivity contribution is 6.46. The van der Waals surface area contributed by atoms with Gasteiger partial charge in [0.05, 0.1) is 30.7 Å². The summed E-state index contributed by atoms with van der Waals surface area (Å²) in [7, 11) is 1.52. The van der Waals surface area contributed by atoms with Gasteiger partial charge in [-0.05, 0) is 48.9 Å². The predicted molar refractivity (Wildman–Crippen MR) is 120 cm³/mol. The fraction of sp³-hybridized carbons (Fsp3) is 0.120. The Kier molecular flexibility index (Phi) is 5.89. The summed E-state index contributed by atoms with van der Waals surface area (Å²) in [5, 5.41) is 3.06. The topological polar surface area (TPSA) is 67.9 Å². The zero-order valence-corrected chi connectivity index (χ0v) is 17.6. The van der Waals surface area contributed by atoms with Gasteiger partial charge < -0.3 is 14.8 Å². The number of ether oxygens (including phenoxy) is 2. The standard InChI is InChI=1S/C25H21FN2O4/c1-3-32-19-8-6-7-18(15-19)28-24(29)22(16-11-13-17(26)14-12-16)23(25(28)30)27-20-9-4-5-10-21(20)31-2/h4-15,27H,3H2,1-2H3. The minimum atomic E-state index is -0.533. The number of rotatable bonds is 7. The van der Waals surface area contributed by atoms with E-state index in [1.165, 1.54) is 31.4 Å². The largest absolute Gasteiger partial charge is 0.495 e. The third kappa shape index (κ3) is 3.92. The van der Waals surface area contributed by atoms with E-state index in [2.05, 4.69) is 5.32 Å². The molecule has 1 aliphatic heterocycles. The van der Waals surface area contributed by atoms with Crippen LogP contribution in [0.3, 0.4) is 0 Å². The molecule has 6 nitrogen and oxygen atoms in total. The van der Waals surface area contributed by atoms with Crippen molar-refractivity contribution in [3.05, 3.63) is 89.9 Å². The number of anilines is 2. The van der Waals surface area contributed by atoms with Crippen molar-refractivity contribution in [1.29, 1.82) is 0 Å². The van der Waals surface area contributed by atoms with Gasteiger partial charge in [0.2, 0.25) is 0 Å². The van der Waals surface area contributed by atoms with Crippen molar-refractivity contribution in [2.75, 3.05) is 23.9 Å². The van der Waals surface area contributed by atoms with E-state index in [-0.39, 0.29) is 11.3 Å². The second kappa shape index (κ2) is 8.93. The van der Waals surface area contributed by atoms with E-state index in [1.54, 1.807) is 48.5 Å². The quantitative estimate of drug-likeness (QED) is 0.552. The first-order valence-electron chi connectivity index (χ1n) is 10.1. The van der Waals surface area contributed by atoms with Gasteiger partial charge in [0.1, 0.15) is 23.0 Å². The molecule has 0 spiro atoms. The highest BCUT2D eigenvalue weighted by Gasteiger charge is 2.40. The summed E-state index contributed by atoms with van der Waals surface area (Å²) >= 11 is 0. The van der Waals surface area contributed by atoms with E-state index in [0.717, 1.165) is 4.90 Å². The van der Waals surface area contributed by atoms with Gasteiger partial charge in [0.15, 0.2) is 0 Å². The number of carbonyl (C=O) groups is 2. The highest BCUT2D eigenvalue weighted by Crippen LogP contribution is 2.36. The normalized spacial score (nSPS) is 13.5. The number of halogens is 1. The van der Waals surface area contributed by atoms with Crippen molar-refractivity contribution in [3.63, 3.8) is 0 Å². The molecule has 0 radical (unpaired) electrons. The number of carbonyl (C=O) groups excluding carboxylic acids is 2. The molecule has 1 aliphatic rings. The lowest BCUT2D eigenvalue weighted by Gasteiger charge is -2.17. The smallest absolute Gasteiger partial charge is 0.282 e. The Morgan fingerprint density at radius 2 is 1.69 bits per heavy atom. The molecule has 3 aromatic carbocycles. The SMILES string of the molecule is CCOc1cccc(N2C(=O)C(Nc3ccccc3OC)=C(c3ccc(F)cc3)C2=O)c1. The van der Waals surface area contributed by atoms with Gasteiger partial charge in [0.25, 0.3) is 11.8 Å². The minimum absolute atomic E-state index is 0.0768. The van der Waals surface area contributed by atoms with Crippen LogP contribution in [-0.4, -0.2) is 25.5 Å². The molecule has 0 fully saturated rings. The van der Waals surface area contributed by atoms with E-state index < -0.39 is 17.6 Å². The molecule has 0 aliphatic carbocycles. The third-order valence-electron chi connectivity index (χ3n) is 4.97. The molecule has 3 aromatic rings. The Hall–Kier alpha value is -4.13. The molecule has 0 saturated carbocycles. The van der Waals surface area contributed by atoms with E-state index in [4.69, 9.17) is 9.47 Å². The van der Waals surface area contributed by atoms with Gasteiger partial charge in [-0.15, -0.1) is 0 Å². The first-order valence-corrected chi connectivity index (χ1v) is 10.1. The van der Waals surface area contributed by atoms with E-state index in [0.29, 0.717) is 35.0 Å². The first kappa shape index (κ1) is 21.1. The van der Waals surface area contributed by atoms with Crippen LogP contribution in [0, 0.1) is 5.82 Å². The summed E-state index contributed by atoms with van der Waals surface area (Å²) < 4.78 is 24.4. The second-order valence-electron chi connectivity index (χ2n) is 6.96. The van der Waals surface area contributed by atoms with Crippen LogP contribution in [0.4, 0.5) is 15.8 Å². The summed E-state index contributed by atoms with van der Waals surface area (Å²) in [5.74, 6) is -0.441. The van der Waals surface area contributed by atoms with Gasteiger partial charge in [-0.3, -0.25) is 9.59 Å². The predicted octanol–water partition coefficient (Wildman–Crippen LogP) is 4.63. The molecular formula is C25H21FN2O4. The lowest BCUT2D eigenvalue weighted by molar-refractivity contribution is -0.120. The maximum atomic E-state index is 13.5. The van der Waals surface area contributed by atoms with Crippen molar-refractivity contribution >= 4 is 28.8 Å². The third-order valence-corrected chi connectivity index (χ3v) is 4.97. The summed E-state index contributed by atoms with van der Waals surface area (Å²) in [4.78, 5) is 28.0. The van der Waals surface area contributed by atoms with E-state index in [1.807, 2.05) is 6.92 Å². The van der Waals surface area contributed by atoms with Gasteiger partial charge in [-0.2, -0.15) is 0 Å². The van der Waals surface area contributed by atoms with Crippen LogP contribution in [0.25, 0.3) is 5.57 Å². The number of benzene rings is 3. The van der Waals surface area contributed by atoms with Gasteiger partial charge >= 0.3 is 0 Å². The average molecular weight is 432 g/mol. The molecule has 0 atom stereocenters. The Labute approximate surface area is 184 Å². The Bertz CT molecular complexity index is 1200. The van der Waals surface area contributed by atoms with Crippen LogP contribution in [0.2, 0.25) is 0 Å². The summed E-state index contributed by atoms with van der Waals surface area (Å²) in [6.45, 7) is 2.30. The fourth-order valence-corrected chi connectivity index (χ4v) is 3.53. The maximum Gasteiger partial charge on any atom is 0.282 e. The molecule has 0 bridgehead atoms. The number of imide groups is 1. The molecule has 32 heavy (non-hydrogen) atoms. The van der Waals surface area contributed by atoms with Crippen LogP contribution in [-0.2, 0) is 9.59 Å². The monoisotopic (exact) mass is 432 g/mol. The molecule has 162 valence electrons. The number of nitrogens with zero attached hydrogens (tertiary/aromatic N) is 1. The number of hydrogen-bond acceptors (Lipinski definition) is 5. The summed E-state index contributed by atoms with van der Waals surface area (Å²) in [6.07, 6.45) is 0. The van der Waals surface area contributed by atoms with E-state index >= 15 is 0 Å². The van der Waals surface area contributed by atoms with Crippen LogP contribution in [0.15, 0.2) is 78.5 Å². The number of methoxy groups -OCH3 is 1. The fourth-order valence-electron chi connectivity index (χ4n) is 3.53. The molecule has 4 rings (SSSR count). The van der Waals surface area contributed by atoms with Crippen LogP contribution in [0.5, 0.6) is 11.5 Å². The van der Waals surface area contributed by atoms with Gasteiger partial charge in [-0.1, -0.05) is 30.3 Å². The van der Waals surface area contributed by atoms with Crippen molar-refractivity contribution in [2.24, 2.45) is 0 Å². The lowest BCUT2D eigenvalue weighted by atomic mass is 10.0. The van der Waals surface area contributed by atoms with Crippen molar-refractivity contribution in [3.8, 4) is 11.5 Å². The average Bonchev–Trinajstić information content (AvgIpc) is 3.04. The molecule has 0 unspecified atom stereocenters. The van der Waals surface area contributed by atoms with Gasteiger partial charge in [0, 0.05) is 6.07 Å². The molecule has 2 amide bonds. The molecule has 1 N–H and O–H groups in total. The number of para-hydroxylation sites is 2. The van der Waals surface area contributed by atoms with Gasteiger partial charge in [-0.25, -0.2) is 9.29 Å². The molecule has 0 saturated heterocycles. The molecule has 0 aromatic heterocycles. The summed E-state index contributed by atoms with van der Waals surface area (Å²) in [5.41, 5.74) is 1.54. The number of amides is 2. The number of hydrogen-bond donors (Lipinski definition) is 1. The first-order chi connectivity index (χ1) is 15.5. The van der Waals surface area contributed by atoms with Crippen LogP contribution in [0.1, 0.15) is 12.5 Å². The number of nitrogens with one attached hydrogen (secondary N) is 1. The van der Waals surface area contributed by atoms with Crippen LogP contribution >= 0.6 is 0 Å². The minimum Gasteiger partial charge on any atom is -0.495 e. The van der Waals surface area contributed by atoms with Crippen LogP contribution < -0.4 is 19.7 Å². The molecule has 1 heterocycles. The molecular weight excluding hydrogens is 411 g/mol. The zero-order valence-electron chi connectivity index (χ0n) is 17.6. The highest BCUT2D eigenvalue weighted by atomic mass is 19.1. The Morgan fingerprint density at radius 1 is 0.938 bits per heavy atom. The molecule has 7 heteroatoms. The maximum absolute atomic E-state index is 13.5. The second-order valence-corrected chi connectivity index (χ2v) is 6.96. The van der Waals surface area contributed by atoms with E-state index in [9.17, 15) is 14.0 Å². The lowest BCUT2D eigenvalue weighted by Crippen LogP contribution is -2.32. The van der Waals surface area contributed by atoms with Crippen molar-refractivity contribution in [2.45, 2.75) is 6.92 Å². The Morgan fingerprint density at radius 3 is 2.41 bits per heavy atom. The summed E-state index contributed by atoms with van der Waals surface area (Å²) in [6, 6.07) is 19.3. The van der Waals surface area contributed by atoms with Crippen molar-refractivity contribution in [1.82, 2.24) is 0 Å².